The van der Waals surface area contributed by atoms with Crippen molar-refractivity contribution in [3.8, 4) is 11.5 Å². The molecule has 0 unspecified atom stereocenters. The number of hydrogen-bond acceptors (Lipinski definition) is 4. The molecular formula is C15H24N2O2. The maximum Gasteiger partial charge on any atom is 0.120 e. The Labute approximate surface area is 115 Å². The first-order valence-corrected chi connectivity index (χ1v) is 6.85. The fourth-order valence-electron chi connectivity index (χ4n) is 2.40. The van der Waals surface area contributed by atoms with Crippen molar-refractivity contribution in [1.82, 2.24) is 10.2 Å². The number of benzene rings is 1. The van der Waals surface area contributed by atoms with Gasteiger partial charge in [0.2, 0.25) is 0 Å². The minimum Gasteiger partial charge on any atom is -0.497 e. The summed E-state index contributed by atoms with van der Waals surface area (Å²) in [5, 5.41) is 3.37. The van der Waals surface area contributed by atoms with Crippen molar-refractivity contribution in [3.05, 3.63) is 24.3 Å². The van der Waals surface area contributed by atoms with E-state index in [9.17, 15) is 0 Å². The van der Waals surface area contributed by atoms with E-state index in [1.165, 1.54) is 0 Å². The Morgan fingerprint density at radius 3 is 2.26 bits per heavy atom. The summed E-state index contributed by atoms with van der Waals surface area (Å²) in [6.07, 6.45) is 0. The third-order valence-corrected chi connectivity index (χ3v) is 3.27. The standard InChI is InChI=1S/C15H24N2O2/c1-15(2,12-17-10-8-16-9-11-17)19-14-6-4-13(18-3)5-7-14/h4-7,16H,8-12H2,1-3H3. The summed E-state index contributed by atoms with van der Waals surface area (Å²) >= 11 is 0. The van der Waals surface area contributed by atoms with E-state index in [4.69, 9.17) is 9.47 Å². The molecule has 0 aliphatic carbocycles. The van der Waals surface area contributed by atoms with Gasteiger partial charge in [-0.3, -0.25) is 4.90 Å². The van der Waals surface area contributed by atoms with Crippen molar-refractivity contribution in [3.63, 3.8) is 0 Å². The first-order chi connectivity index (χ1) is 9.09. The van der Waals surface area contributed by atoms with Crippen LogP contribution in [0.25, 0.3) is 0 Å². The van der Waals surface area contributed by atoms with Crippen LogP contribution in [0, 0.1) is 0 Å². The molecule has 4 heteroatoms. The van der Waals surface area contributed by atoms with Crippen LogP contribution in [0.3, 0.4) is 0 Å². The van der Waals surface area contributed by atoms with E-state index in [2.05, 4.69) is 24.1 Å². The molecule has 1 N–H and O–H groups in total. The molecule has 0 atom stereocenters. The van der Waals surface area contributed by atoms with Crippen LogP contribution in [0.4, 0.5) is 0 Å². The van der Waals surface area contributed by atoms with E-state index in [-0.39, 0.29) is 5.60 Å². The van der Waals surface area contributed by atoms with Crippen LogP contribution in [0.5, 0.6) is 11.5 Å². The number of methoxy groups -OCH3 is 1. The van der Waals surface area contributed by atoms with Gasteiger partial charge in [0.25, 0.3) is 0 Å². The molecular weight excluding hydrogens is 240 g/mol. The lowest BCUT2D eigenvalue weighted by Crippen LogP contribution is -2.50. The normalized spacial score (nSPS) is 17.2. The van der Waals surface area contributed by atoms with Crippen LogP contribution in [-0.2, 0) is 0 Å². The van der Waals surface area contributed by atoms with Crippen LogP contribution >= 0.6 is 0 Å². The highest BCUT2D eigenvalue weighted by atomic mass is 16.5. The molecule has 0 aromatic heterocycles. The lowest BCUT2D eigenvalue weighted by molar-refractivity contribution is 0.0547. The van der Waals surface area contributed by atoms with E-state index in [1.54, 1.807) is 7.11 Å². The molecule has 1 fully saturated rings. The highest BCUT2D eigenvalue weighted by Gasteiger charge is 2.24. The average Bonchev–Trinajstić information content (AvgIpc) is 2.39. The van der Waals surface area contributed by atoms with Gasteiger partial charge in [-0.05, 0) is 38.1 Å². The quantitative estimate of drug-likeness (QED) is 0.878. The zero-order valence-corrected chi connectivity index (χ0v) is 12.1. The molecule has 0 spiro atoms. The molecule has 0 radical (unpaired) electrons. The van der Waals surface area contributed by atoms with Gasteiger partial charge < -0.3 is 14.8 Å². The first kappa shape index (κ1) is 14.2. The number of piperazine rings is 1. The van der Waals surface area contributed by atoms with Crippen LogP contribution < -0.4 is 14.8 Å². The Balaban J connectivity index is 1.91. The van der Waals surface area contributed by atoms with E-state index < -0.39 is 0 Å². The van der Waals surface area contributed by atoms with Gasteiger partial charge in [-0.15, -0.1) is 0 Å². The predicted molar refractivity (Wildman–Crippen MR) is 77.0 cm³/mol. The highest BCUT2D eigenvalue weighted by Crippen LogP contribution is 2.22. The molecule has 1 saturated heterocycles. The van der Waals surface area contributed by atoms with Gasteiger partial charge in [0.15, 0.2) is 0 Å². The fourth-order valence-corrected chi connectivity index (χ4v) is 2.40. The van der Waals surface area contributed by atoms with Gasteiger partial charge in [-0.1, -0.05) is 0 Å². The Morgan fingerprint density at radius 2 is 1.68 bits per heavy atom. The van der Waals surface area contributed by atoms with Gasteiger partial charge in [-0.2, -0.15) is 0 Å². The molecule has 1 aliphatic rings. The second-order valence-corrected chi connectivity index (χ2v) is 5.56. The molecule has 1 heterocycles. The van der Waals surface area contributed by atoms with Crippen LogP contribution in [0.1, 0.15) is 13.8 Å². The monoisotopic (exact) mass is 264 g/mol. The molecule has 0 saturated carbocycles. The minimum absolute atomic E-state index is 0.189. The molecule has 1 aromatic rings. The van der Waals surface area contributed by atoms with Gasteiger partial charge in [0, 0.05) is 32.7 Å². The Kier molecular flexibility index (Phi) is 4.66. The van der Waals surface area contributed by atoms with E-state index >= 15 is 0 Å². The summed E-state index contributed by atoms with van der Waals surface area (Å²) in [4.78, 5) is 2.44. The van der Waals surface area contributed by atoms with Gasteiger partial charge >= 0.3 is 0 Å². The summed E-state index contributed by atoms with van der Waals surface area (Å²) in [5.41, 5.74) is -0.189. The van der Waals surface area contributed by atoms with Crippen molar-refractivity contribution in [2.45, 2.75) is 19.4 Å². The van der Waals surface area contributed by atoms with Crippen LogP contribution in [0.2, 0.25) is 0 Å². The van der Waals surface area contributed by atoms with Crippen molar-refractivity contribution >= 4 is 0 Å². The number of ether oxygens (including phenoxy) is 2. The van der Waals surface area contributed by atoms with Crippen LogP contribution in [0.15, 0.2) is 24.3 Å². The summed E-state index contributed by atoms with van der Waals surface area (Å²) in [6.45, 7) is 9.54. The molecule has 19 heavy (non-hydrogen) atoms. The Hall–Kier alpha value is -1.26. The van der Waals surface area contributed by atoms with Gasteiger partial charge in [0.1, 0.15) is 17.1 Å². The van der Waals surface area contributed by atoms with Crippen LogP contribution in [-0.4, -0.2) is 50.3 Å². The smallest absolute Gasteiger partial charge is 0.120 e. The van der Waals surface area contributed by atoms with E-state index in [0.29, 0.717) is 0 Å². The van der Waals surface area contributed by atoms with E-state index in [1.807, 2.05) is 24.3 Å². The maximum absolute atomic E-state index is 6.09. The summed E-state index contributed by atoms with van der Waals surface area (Å²) < 4.78 is 11.2. The molecule has 0 amide bonds. The topological polar surface area (TPSA) is 33.7 Å². The van der Waals surface area contributed by atoms with Gasteiger partial charge in [0.05, 0.1) is 7.11 Å². The summed E-state index contributed by atoms with van der Waals surface area (Å²) in [6, 6.07) is 7.77. The fraction of sp³-hybridized carbons (Fsp3) is 0.600. The highest BCUT2D eigenvalue weighted by molar-refractivity contribution is 5.31. The number of hydrogen-bond donors (Lipinski definition) is 1. The summed E-state index contributed by atoms with van der Waals surface area (Å²) in [7, 11) is 1.67. The molecule has 106 valence electrons. The Morgan fingerprint density at radius 1 is 1.11 bits per heavy atom. The largest absolute Gasteiger partial charge is 0.497 e. The Bertz CT molecular complexity index is 384. The van der Waals surface area contributed by atoms with Crippen molar-refractivity contribution in [2.24, 2.45) is 0 Å². The van der Waals surface area contributed by atoms with Crippen molar-refractivity contribution < 1.29 is 9.47 Å². The summed E-state index contributed by atoms with van der Waals surface area (Å²) in [5.74, 6) is 1.74. The SMILES string of the molecule is COc1ccc(OC(C)(C)CN2CCNCC2)cc1. The number of nitrogens with one attached hydrogen (secondary N) is 1. The second kappa shape index (κ2) is 6.26. The molecule has 4 nitrogen and oxygen atoms in total. The van der Waals surface area contributed by atoms with Crippen molar-refractivity contribution in [1.29, 1.82) is 0 Å². The molecule has 2 rings (SSSR count). The third kappa shape index (κ3) is 4.40. The van der Waals surface area contributed by atoms with E-state index in [0.717, 1.165) is 44.2 Å². The lowest BCUT2D eigenvalue weighted by atomic mass is 10.1. The zero-order chi connectivity index (χ0) is 13.7. The second-order valence-electron chi connectivity index (χ2n) is 5.56. The van der Waals surface area contributed by atoms with Gasteiger partial charge in [-0.25, -0.2) is 0 Å². The zero-order valence-electron chi connectivity index (χ0n) is 12.1. The predicted octanol–water partition coefficient (Wildman–Crippen LogP) is 1.76. The van der Waals surface area contributed by atoms with Crippen molar-refractivity contribution in [2.75, 3.05) is 39.8 Å². The molecule has 0 bridgehead atoms. The number of nitrogens with zero attached hydrogens (tertiary/aromatic N) is 1. The number of rotatable bonds is 5. The average molecular weight is 264 g/mol. The molecule has 1 aromatic carbocycles. The first-order valence-electron chi connectivity index (χ1n) is 6.85. The third-order valence-electron chi connectivity index (χ3n) is 3.27. The maximum atomic E-state index is 6.09. The minimum atomic E-state index is -0.189. The lowest BCUT2D eigenvalue weighted by Gasteiger charge is -2.35. The molecule has 1 aliphatic heterocycles.